The molecule has 3 N–H and O–H groups in total. The molecule has 0 spiro atoms. The van der Waals surface area contributed by atoms with Crippen LogP contribution in [0.15, 0.2) is 35.9 Å². The predicted molar refractivity (Wildman–Crippen MR) is 63.2 cm³/mol. The monoisotopic (exact) mass is 231 g/mol. The molecular formula is C11H13N5O. The smallest absolute Gasteiger partial charge is 0.188 e. The molecule has 6 heteroatoms. The molecule has 0 radical (unpaired) electrons. The fraction of sp³-hybridized carbons (Fsp3) is 0.182. The third-order valence-electron chi connectivity index (χ3n) is 2.43. The first kappa shape index (κ1) is 11.1. The summed E-state index contributed by atoms with van der Waals surface area (Å²) < 4.78 is 1.94. The van der Waals surface area contributed by atoms with E-state index in [1.54, 1.807) is 18.5 Å². The summed E-state index contributed by atoms with van der Waals surface area (Å²) in [5, 5.41) is 11.5. The molecule has 0 aliphatic heterocycles. The van der Waals surface area contributed by atoms with Gasteiger partial charge in [-0.15, -0.1) is 0 Å². The normalized spacial score (nSPS) is 11.7. The molecule has 17 heavy (non-hydrogen) atoms. The van der Waals surface area contributed by atoms with Gasteiger partial charge < -0.3 is 15.5 Å². The lowest BCUT2D eigenvalue weighted by molar-refractivity contribution is 0.318. The van der Waals surface area contributed by atoms with Crippen molar-refractivity contribution in [3.8, 4) is 5.69 Å². The van der Waals surface area contributed by atoms with Gasteiger partial charge in [-0.2, -0.15) is 0 Å². The molecule has 88 valence electrons. The first-order chi connectivity index (χ1) is 8.26. The zero-order valence-electron chi connectivity index (χ0n) is 9.41. The van der Waals surface area contributed by atoms with E-state index in [-0.39, 0.29) is 5.84 Å². The van der Waals surface area contributed by atoms with Crippen molar-refractivity contribution >= 4 is 5.84 Å². The third kappa shape index (κ3) is 2.10. The zero-order chi connectivity index (χ0) is 12.3. The number of aryl methyl sites for hydroxylation is 1. The highest BCUT2D eigenvalue weighted by molar-refractivity contribution is 5.95. The van der Waals surface area contributed by atoms with Gasteiger partial charge in [-0.25, -0.2) is 4.98 Å². The van der Waals surface area contributed by atoms with E-state index in [9.17, 15) is 0 Å². The molecule has 2 aromatic rings. The van der Waals surface area contributed by atoms with Gasteiger partial charge in [0, 0.05) is 25.0 Å². The molecule has 0 aromatic carbocycles. The molecule has 0 fully saturated rings. The van der Waals surface area contributed by atoms with E-state index in [0.717, 1.165) is 17.9 Å². The van der Waals surface area contributed by atoms with Crippen molar-refractivity contribution in [3.63, 3.8) is 0 Å². The minimum absolute atomic E-state index is 0.00925. The molecule has 0 atom stereocenters. The summed E-state index contributed by atoms with van der Waals surface area (Å²) in [6.07, 6.45) is 6.04. The van der Waals surface area contributed by atoms with E-state index < -0.39 is 0 Å². The number of hydrogen-bond acceptors (Lipinski definition) is 4. The van der Waals surface area contributed by atoms with Gasteiger partial charge in [-0.3, -0.25) is 4.98 Å². The quantitative estimate of drug-likeness (QED) is 0.356. The van der Waals surface area contributed by atoms with Gasteiger partial charge in [0.25, 0.3) is 0 Å². The summed E-state index contributed by atoms with van der Waals surface area (Å²) in [5.41, 5.74) is 6.82. The number of hydrogen-bond donors (Lipinski definition) is 2. The molecule has 0 saturated heterocycles. The minimum atomic E-state index is -0.00925. The number of oxime groups is 1. The Bertz CT molecular complexity index is 546. The van der Waals surface area contributed by atoms with Crippen molar-refractivity contribution in [1.29, 1.82) is 0 Å². The van der Waals surface area contributed by atoms with Crippen molar-refractivity contribution in [3.05, 3.63) is 42.2 Å². The Morgan fingerprint density at radius 3 is 3.00 bits per heavy atom. The lowest BCUT2D eigenvalue weighted by Crippen LogP contribution is -2.15. The van der Waals surface area contributed by atoms with Crippen LogP contribution in [0.1, 0.15) is 18.4 Å². The van der Waals surface area contributed by atoms with E-state index in [2.05, 4.69) is 15.1 Å². The minimum Gasteiger partial charge on any atom is -0.409 e. The molecule has 0 bridgehead atoms. The van der Waals surface area contributed by atoms with Crippen LogP contribution in [0.5, 0.6) is 0 Å². The van der Waals surface area contributed by atoms with Crippen LogP contribution in [-0.2, 0) is 6.42 Å². The summed E-state index contributed by atoms with van der Waals surface area (Å²) in [4.78, 5) is 8.26. The number of rotatable bonds is 3. The maximum absolute atomic E-state index is 8.61. The number of amidine groups is 1. The van der Waals surface area contributed by atoms with E-state index in [0.29, 0.717) is 5.69 Å². The van der Waals surface area contributed by atoms with Crippen LogP contribution >= 0.6 is 0 Å². The molecule has 0 aliphatic carbocycles. The van der Waals surface area contributed by atoms with Crippen LogP contribution in [0.25, 0.3) is 5.69 Å². The maximum atomic E-state index is 8.61. The summed E-state index contributed by atoms with van der Waals surface area (Å²) in [7, 11) is 0. The van der Waals surface area contributed by atoms with Crippen molar-refractivity contribution in [1.82, 2.24) is 14.5 Å². The van der Waals surface area contributed by atoms with Crippen LogP contribution in [0.2, 0.25) is 0 Å². The highest BCUT2D eigenvalue weighted by atomic mass is 16.4. The Balaban J connectivity index is 2.47. The molecule has 0 unspecified atom stereocenters. The van der Waals surface area contributed by atoms with Gasteiger partial charge in [0.05, 0.1) is 5.69 Å². The Kier molecular flexibility index (Phi) is 3.04. The Hall–Kier alpha value is -2.37. The SMILES string of the molecule is CCc1nccn1-c1ccnc(/C(N)=N/O)c1. The number of aromatic nitrogens is 3. The van der Waals surface area contributed by atoms with E-state index in [4.69, 9.17) is 10.9 Å². The van der Waals surface area contributed by atoms with Gasteiger partial charge in [0.1, 0.15) is 11.5 Å². The van der Waals surface area contributed by atoms with Crippen LogP contribution < -0.4 is 5.73 Å². The molecule has 6 nitrogen and oxygen atoms in total. The Morgan fingerprint density at radius 2 is 2.29 bits per heavy atom. The topological polar surface area (TPSA) is 89.3 Å². The van der Waals surface area contributed by atoms with Crippen molar-refractivity contribution < 1.29 is 5.21 Å². The first-order valence-electron chi connectivity index (χ1n) is 5.22. The second-order valence-corrected chi connectivity index (χ2v) is 3.45. The van der Waals surface area contributed by atoms with Crippen molar-refractivity contribution in [2.24, 2.45) is 10.9 Å². The van der Waals surface area contributed by atoms with E-state index in [1.807, 2.05) is 23.8 Å². The highest BCUT2D eigenvalue weighted by Crippen LogP contribution is 2.11. The van der Waals surface area contributed by atoms with Crippen LogP contribution in [0.4, 0.5) is 0 Å². The lowest BCUT2D eigenvalue weighted by atomic mass is 10.3. The van der Waals surface area contributed by atoms with Gasteiger partial charge >= 0.3 is 0 Å². The average Bonchev–Trinajstić information content (AvgIpc) is 2.86. The molecule has 2 heterocycles. The third-order valence-corrected chi connectivity index (χ3v) is 2.43. The van der Waals surface area contributed by atoms with E-state index in [1.165, 1.54) is 0 Å². The Morgan fingerprint density at radius 1 is 1.47 bits per heavy atom. The fourth-order valence-electron chi connectivity index (χ4n) is 1.59. The summed E-state index contributed by atoms with van der Waals surface area (Å²) in [6.45, 7) is 2.03. The molecular weight excluding hydrogens is 218 g/mol. The van der Waals surface area contributed by atoms with Gasteiger partial charge in [-0.1, -0.05) is 12.1 Å². The second-order valence-electron chi connectivity index (χ2n) is 3.45. The maximum Gasteiger partial charge on any atom is 0.188 e. The number of pyridine rings is 1. The summed E-state index contributed by atoms with van der Waals surface area (Å²) in [6, 6.07) is 3.59. The van der Waals surface area contributed by atoms with E-state index >= 15 is 0 Å². The van der Waals surface area contributed by atoms with Gasteiger partial charge in [-0.05, 0) is 12.1 Å². The number of nitrogens with zero attached hydrogens (tertiary/aromatic N) is 4. The Labute approximate surface area is 98.4 Å². The molecule has 2 aromatic heterocycles. The van der Waals surface area contributed by atoms with Crippen molar-refractivity contribution in [2.75, 3.05) is 0 Å². The summed E-state index contributed by atoms with van der Waals surface area (Å²) >= 11 is 0. The first-order valence-corrected chi connectivity index (χ1v) is 5.22. The second kappa shape index (κ2) is 4.65. The van der Waals surface area contributed by atoms with Gasteiger partial charge in [0.15, 0.2) is 5.84 Å². The van der Waals surface area contributed by atoms with Crippen LogP contribution in [0.3, 0.4) is 0 Å². The number of imidazole rings is 1. The fourth-order valence-corrected chi connectivity index (χ4v) is 1.59. The predicted octanol–water partition coefficient (Wildman–Crippen LogP) is 0.924. The number of nitrogens with two attached hydrogens (primary N) is 1. The standard InChI is InChI=1S/C11H13N5O/c1-2-10-14-5-6-16(10)8-3-4-13-9(7-8)11(12)15-17/h3-7,17H,2H2,1H3,(H2,12,15). The van der Waals surface area contributed by atoms with Crippen LogP contribution in [-0.4, -0.2) is 25.6 Å². The lowest BCUT2D eigenvalue weighted by Gasteiger charge is -2.07. The van der Waals surface area contributed by atoms with Gasteiger partial charge in [0.2, 0.25) is 0 Å². The summed E-state index contributed by atoms with van der Waals surface area (Å²) in [5.74, 6) is 0.937. The van der Waals surface area contributed by atoms with Crippen LogP contribution in [0, 0.1) is 0 Å². The largest absolute Gasteiger partial charge is 0.409 e. The molecule has 2 rings (SSSR count). The molecule has 0 saturated carbocycles. The average molecular weight is 231 g/mol. The highest BCUT2D eigenvalue weighted by Gasteiger charge is 2.06. The zero-order valence-corrected chi connectivity index (χ0v) is 9.41. The van der Waals surface area contributed by atoms with Crippen molar-refractivity contribution in [2.45, 2.75) is 13.3 Å². The molecule has 0 aliphatic rings. The molecule has 0 amide bonds.